The standard InChI is InChI=1S/C11H13F2IN2O.ClH/c1-7-8(3-2-4-9(7)14)10(17)16-6-11(12,13)5-15;/h2-4H,5-6,15H2,1H3,(H,16,17);1H. The molecule has 0 aliphatic carbocycles. The topological polar surface area (TPSA) is 55.1 Å². The third kappa shape index (κ3) is 4.66. The highest BCUT2D eigenvalue weighted by Crippen LogP contribution is 2.16. The number of carbonyl (C=O) groups is 1. The first kappa shape index (κ1) is 17.5. The van der Waals surface area contributed by atoms with Crippen LogP contribution in [0.5, 0.6) is 0 Å². The highest BCUT2D eigenvalue weighted by molar-refractivity contribution is 14.1. The maximum Gasteiger partial charge on any atom is 0.277 e. The van der Waals surface area contributed by atoms with Crippen molar-refractivity contribution in [3.63, 3.8) is 0 Å². The molecule has 3 nitrogen and oxygen atoms in total. The van der Waals surface area contributed by atoms with E-state index in [1.807, 2.05) is 6.07 Å². The summed E-state index contributed by atoms with van der Waals surface area (Å²) in [6.07, 6.45) is 0. The lowest BCUT2D eigenvalue weighted by molar-refractivity contribution is 0.0118. The van der Waals surface area contributed by atoms with E-state index in [0.29, 0.717) is 5.56 Å². The molecule has 1 amide bonds. The van der Waals surface area contributed by atoms with Crippen LogP contribution in [-0.2, 0) is 0 Å². The van der Waals surface area contributed by atoms with Gasteiger partial charge >= 0.3 is 0 Å². The van der Waals surface area contributed by atoms with Crippen molar-refractivity contribution in [1.29, 1.82) is 0 Å². The molecule has 7 heteroatoms. The van der Waals surface area contributed by atoms with Crippen molar-refractivity contribution < 1.29 is 13.6 Å². The molecule has 0 saturated heterocycles. The zero-order valence-corrected chi connectivity index (χ0v) is 12.6. The lowest BCUT2D eigenvalue weighted by Crippen LogP contribution is -2.41. The second-order valence-electron chi connectivity index (χ2n) is 3.66. The Labute approximate surface area is 124 Å². The molecule has 0 aliphatic rings. The van der Waals surface area contributed by atoms with Crippen LogP contribution in [0.25, 0.3) is 0 Å². The Morgan fingerprint density at radius 1 is 1.50 bits per heavy atom. The average molecular weight is 391 g/mol. The SMILES string of the molecule is Cc1c(I)cccc1C(=O)NCC(F)(F)CN.Cl. The highest BCUT2D eigenvalue weighted by atomic mass is 127. The predicted molar refractivity (Wildman–Crippen MR) is 77.5 cm³/mol. The smallest absolute Gasteiger partial charge is 0.277 e. The molecule has 0 radical (unpaired) electrons. The lowest BCUT2D eigenvalue weighted by atomic mass is 10.1. The fraction of sp³-hybridized carbons (Fsp3) is 0.364. The molecular weight excluding hydrogens is 376 g/mol. The summed E-state index contributed by atoms with van der Waals surface area (Å²) in [6.45, 7) is 0.254. The second kappa shape index (κ2) is 7.20. The minimum absolute atomic E-state index is 0. The van der Waals surface area contributed by atoms with E-state index >= 15 is 0 Å². The Balaban J connectivity index is 0.00000289. The van der Waals surface area contributed by atoms with Gasteiger partial charge in [-0.05, 0) is 47.2 Å². The minimum atomic E-state index is -3.06. The molecule has 0 fully saturated rings. The summed E-state index contributed by atoms with van der Waals surface area (Å²) in [6, 6.07) is 5.17. The number of nitrogens with two attached hydrogens (primary N) is 1. The van der Waals surface area contributed by atoms with E-state index in [1.165, 1.54) is 0 Å². The minimum Gasteiger partial charge on any atom is -0.346 e. The maximum atomic E-state index is 12.9. The Hall–Kier alpha value is -0.470. The van der Waals surface area contributed by atoms with E-state index in [2.05, 4.69) is 27.9 Å². The first-order chi connectivity index (χ1) is 7.87. The number of nitrogens with one attached hydrogen (secondary N) is 1. The van der Waals surface area contributed by atoms with Crippen LogP contribution in [0.15, 0.2) is 18.2 Å². The second-order valence-corrected chi connectivity index (χ2v) is 4.82. The molecule has 1 aromatic rings. The van der Waals surface area contributed by atoms with Gasteiger partial charge in [-0.1, -0.05) is 6.07 Å². The van der Waals surface area contributed by atoms with Crippen LogP contribution in [0.1, 0.15) is 15.9 Å². The van der Waals surface area contributed by atoms with Crippen LogP contribution in [-0.4, -0.2) is 24.9 Å². The molecule has 1 rings (SSSR count). The van der Waals surface area contributed by atoms with Crippen molar-refractivity contribution >= 4 is 40.9 Å². The van der Waals surface area contributed by atoms with Gasteiger partial charge in [-0.25, -0.2) is 8.78 Å². The van der Waals surface area contributed by atoms with Gasteiger partial charge in [-0.2, -0.15) is 0 Å². The summed E-state index contributed by atoms with van der Waals surface area (Å²) in [7, 11) is 0. The number of carbonyl (C=O) groups excluding carboxylic acids is 1. The van der Waals surface area contributed by atoms with E-state index in [9.17, 15) is 13.6 Å². The van der Waals surface area contributed by atoms with Gasteiger partial charge in [0.2, 0.25) is 0 Å². The number of halogens is 4. The van der Waals surface area contributed by atoms with Crippen molar-refractivity contribution in [2.45, 2.75) is 12.8 Å². The van der Waals surface area contributed by atoms with Gasteiger partial charge in [0.05, 0.1) is 13.1 Å². The van der Waals surface area contributed by atoms with E-state index in [1.54, 1.807) is 19.1 Å². The Bertz CT molecular complexity index is 430. The van der Waals surface area contributed by atoms with E-state index in [4.69, 9.17) is 5.73 Å². The number of benzene rings is 1. The molecule has 0 saturated carbocycles. The van der Waals surface area contributed by atoms with E-state index in [0.717, 1.165) is 9.13 Å². The Kier molecular flexibility index (Phi) is 7.01. The van der Waals surface area contributed by atoms with Crippen molar-refractivity contribution in [3.8, 4) is 0 Å². The van der Waals surface area contributed by atoms with Crippen molar-refractivity contribution in [3.05, 3.63) is 32.9 Å². The Morgan fingerprint density at radius 2 is 2.11 bits per heavy atom. The Morgan fingerprint density at radius 3 is 2.67 bits per heavy atom. The quantitative estimate of drug-likeness (QED) is 0.776. The fourth-order valence-corrected chi connectivity index (χ4v) is 1.73. The summed E-state index contributed by atoms with van der Waals surface area (Å²) in [5, 5.41) is 2.19. The molecule has 1 aromatic carbocycles. The zero-order valence-electron chi connectivity index (χ0n) is 9.67. The number of alkyl halides is 2. The summed E-state index contributed by atoms with van der Waals surface area (Å²) in [5.41, 5.74) is 6.07. The highest BCUT2D eigenvalue weighted by Gasteiger charge is 2.27. The molecule has 3 N–H and O–H groups in total. The van der Waals surface area contributed by atoms with Gasteiger partial charge in [-0.15, -0.1) is 12.4 Å². The summed E-state index contributed by atoms with van der Waals surface area (Å²) in [5.74, 6) is -3.57. The molecule has 102 valence electrons. The van der Waals surface area contributed by atoms with Crippen LogP contribution >= 0.6 is 35.0 Å². The van der Waals surface area contributed by atoms with E-state index < -0.39 is 24.9 Å². The van der Waals surface area contributed by atoms with Crippen LogP contribution in [0.3, 0.4) is 0 Å². The summed E-state index contributed by atoms with van der Waals surface area (Å²) < 4.78 is 26.7. The first-order valence-corrected chi connectivity index (χ1v) is 6.06. The van der Waals surface area contributed by atoms with Crippen LogP contribution < -0.4 is 11.1 Å². The van der Waals surface area contributed by atoms with Gasteiger partial charge in [-0.3, -0.25) is 4.79 Å². The van der Waals surface area contributed by atoms with Crippen LogP contribution in [0, 0.1) is 10.5 Å². The number of amides is 1. The molecule has 0 spiro atoms. The molecule has 18 heavy (non-hydrogen) atoms. The first-order valence-electron chi connectivity index (χ1n) is 4.98. The number of hydrogen-bond donors (Lipinski definition) is 2. The summed E-state index contributed by atoms with van der Waals surface area (Å²) in [4.78, 5) is 11.7. The van der Waals surface area contributed by atoms with Crippen molar-refractivity contribution in [2.75, 3.05) is 13.1 Å². The largest absolute Gasteiger partial charge is 0.346 e. The number of rotatable bonds is 4. The predicted octanol–water partition coefficient (Wildman–Crippen LogP) is 2.35. The van der Waals surface area contributed by atoms with E-state index in [-0.39, 0.29) is 12.4 Å². The molecule has 0 bridgehead atoms. The number of hydrogen-bond acceptors (Lipinski definition) is 2. The molecule has 0 atom stereocenters. The van der Waals surface area contributed by atoms with Crippen LogP contribution in [0.2, 0.25) is 0 Å². The maximum absolute atomic E-state index is 12.9. The third-order valence-corrected chi connectivity index (χ3v) is 3.49. The van der Waals surface area contributed by atoms with Gasteiger partial charge in [0.25, 0.3) is 11.8 Å². The summed E-state index contributed by atoms with van der Waals surface area (Å²) >= 11 is 2.09. The van der Waals surface area contributed by atoms with Crippen LogP contribution in [0.4, 0.5) is 8.78 Å². The monoisotopic (exact) mass is 390 g/mol. The zero-order chi connectivity index (χ0) is 13.1. The molecule has 0 aliphatic heterocycles. The van der Waals surface area contributed by atoms with Gasteiger partial charge in [0, 0.05) is 9.13 Å². The van der Waals surface area contributed by atoms with Gasteiger partial charge in [0.1, 0.15) is 0 Å². The van der Waals surface area contributed by atoms with Crippen molar-refractivity contribution in [1.82, 2.24) is 5.32 Å². The normalized spacial score (nSPS) is 10.7. The van der Waals surface area contributed by atoms with Gasteiger partial charge < -0.3 is 11.1 Å². The molecule has 0 heterocycles. The molecular formula is C11H14ClF2IN2O. The van der Waals surface area contributed by atoms with Crippen molar-refractivity contribution in [2.24, 2.45) is 5.73 Å². The molecule has 0 unspecified atom stereocenters. The lowest BCUT2D eigenvalue weighted by Gasteiger charge is -2.15. The average Bonchev–Trinajstić information content (AvgIpc) is 2.30. The van der Waals surface area contributed by atoms with Gasteiger partial charge in [0.15, 0.2) is 0 Å². The molecule has 0 aromatic heterocycles. The third-order valence-electron chi connectivity index (χ3n) is 2.32. The fourth-order valence-electron chi connectivity index (χ4n) is 1.23.